The molecule has 0 saturated heterocycles. The van der Waals surface area contributed by atoms with Crippen LogP contribution in [0.1, 0.15) is 45.7 Å². The number of carbonyl (C=O) groups excluding carboxylic acids is 2. The molecule has 198 valence electrons. The van der Waals surface area contributed by atoms with Crippen LogP contribution in [0.3, 0.4) is 0 Å². The Morgan fingerprint density at radius 1 is 0.892 bits per heavy atom. The summed E-state index contributed by atoms with van der Waals surface area (Å²) < 4.78 is 16.9. The van der Waals surface area contributed by atoms with Gasteiger partial charge >= 0.3 is 5.97 Å². The van der Waals surface area contributed by atoms with E-state index in [0.717, 1.165) is 27.6 Å². The van der Waals surface area contributed by atoms with Crippen molar-refractivity contribution in [1.29, 1.82) is 0 Å². The number of benzene rings is 3. The molecule has 6 nitrogen and oxygen atoms in total. The Bertz CT molecular complexity index is 1180. The highest BCUT2D eigenvalue weighted by Crippen LogP contribution is 2.25. The highest BCUT2D eigenvalue weighted by atomic mass is 16.5. The average Bonchev–Trinajstić information content (AvgIpc) is 2.86. The molecule has 0 aromatic heterocycles. The van der Waals surface area contributed by atoms with Crippen molar-refractivity contribution in [3.63, 3.8) is 0 Å². The summed E-state index contributed by atoms with van der Waals surface area (Å²) in [5.41, 5.74) is 1.37. The first-order valence-corrected chi connectivity index (χ1v) is 12.8. The minimum atomic E-state index is -0.839. The van der Waals surface area contributed by atoms with Gasteiger partial charge in [-0.25, -0.2) is 4.79 Å². The zero-order valence-corrected chi connectivity index (χ0v) is 22.7. The van der Waals surface area contributed by atoms with Gasteiger partial charge in [-0.1, -0.05) is 83.1 Å². The number of amides is 1. The van der Waals surface area contributed by atoms with Gasteiger partial charge in [0.05, 0.1) is 20.3 Å². The predicted octanol–water partition coefficient (Wildman–Crippen LogP) is 5.71. The van der Waals surface area contributed by atoms with Crippen molar-refractivity contribution in [3.05, 3.63) is 77.9 Å². The van der Waals surface area contributed by atoms with Gasteiger partial charge in [0, 0.05) is 6.42 Å². The van der Waals surface area contributed by atoms with Crippen LogP contribution in [0.15, 0.2) is 66.7 Å². The van der Waals surface area contributed by atoms with Crippen molar-refractivity contribution in [2.24, 2.45) is 11.3 Å². The van der Waals surface area contributed by atoms with Crippen LogP contribution in [0, 0.1) is 11.3 Å². The van der Waals surface area contributed by atoms with Gasteiger partial charge in [-0.05, 0) is 51.4 Å². The fourth-order valence-electron chi connectivity index (χ4n) is 4.03. The second kappa shape index (κ2) is 12.7. The Morgan fingerprint density at radius 2 is 1.54 bits per heavy atom. The monoisotopic (exact) mass is 505 g/mol. The fraction of sp³-hybridized carbons (Fsp3) is 0.419. The number of nitrogens with one attached hydrogen (secondary N) is 1. The van der Waals surface area contributed by atoms with Crippen molar-refractivity contribution in [3.8, 4) is 5.75 Å². The number of hydrogen-bond acceptors (Lipinski definition) is 5. The first-order valence-electron chi connectivity index (χ1n) is 12.8. The Hall–Kier alpha value is -3.38. The maximum atomic E-state index is 13.4. The van der Waals surface area contributed by atoms with Crippen LogP contribution in [0.5, 0.6) is 5.75 Å². The van der Waals surface area contributed by atoms with Crippen molar-refractivity contribution in [2.75, 3.05) is 13.7 Å². The highest BCUT2D eigenvalue weighted by Gasteiger charge is 2.35. The van der Waals surface area contributed by atoms with Gasteiger partial charge in [0.2, 0.25) is 5.91 Å². The van der Waals surface area contributed by atoms with Gasteiger partial charge in [0.1, 0.15) is 17.9 Å². The van der Waals surface area contributed by atoms with E-state index in [-0.39, 0.29) is 12.5 Å². The lowest BCUT2D eigenvalue weighted by Crippen LogP contribution is -2.51. The van der Waals surface area contributed by atoms with Gasteiger partial charge in [0.25, 0.3) is 0 Å². The molecule has 0 spiro atoms. The van der Waals surface area contributed by atoms with Gasteiger partial charge in [0.15, 0.2) is 0 Å². The molecular formula is C31H39NO5. The predicted molar refractivity (Wildman–Crippen MR) is 146 cm³/mol. The first kappa shape index (κ1) is 28.2. The van der Waals surface area contributed by atoms with Gasteiger partial charge < -0.3 is 19.5 Å². The van der Waals surface area contributed by atoms with E-state index in [0.29, 0.717) is 18.9 Å². The van der Waals surface area contributed by atoms with Gasteiger partial charge in [-0.2, -0.15) is 0 Å². The Morgan fingerprint density at radius 3 is 2.16 bits per heavy atom. The normalized spacial score (nSPS) is 13.3. The van der Waals surface area contributed by atoms with E-state index < -0.39 is 23.5 Å². The number of hydrogen-bond donors (Lipinski definition) is 1. The molecule has 0 heterocycles. The van der Waals surface area contributed by atoms with Gasteiger partial charge in [-0.3, -0.25) is 4.79 Å². The van der Waals surface area contributed by atoms with Crippen LogP contribution in [-0.4, -0.2) is 37.7 Å². The molecule has 0 aliphatic heterocycles. The minimum absolute atomic E-state index is 0.279. The smallest absolute Gasteiger partial charge is 0.328 e. The third-order valence-corrected chi connectivity index (χ3v) is 6.00. The second-order valence-electron chi connectivity index (χ2n) is 10.9. The number of esters is 1. The molecule has 3 aromatic rings. The topological polar surface area (TPSA) is 73.9 Å². The zero-order valence-electron chi connectivity index (χ0n) is 22.7. The Labute approximate surface area is 220 Å². The van der Waals surface area contributed by atoms with Crippen molar-refractivity contribution < 1.29 is 23.8 Å². The van der Waals surface area contributed by atoms with Crippen molar-refractivity contribution in [1.82, 2.24) is 5.32 Å². The zero-order chi connectivity index (χ0) is 27.0. The summed E-state index contributed by atoms with van der Waals surface area (Å²) in [4.78, 5) is 26.0. The molecule has 0 bridgehead atoms. The van der Waals surface area contributed by atoms with E-state index >= 15 is 0 Å². The van der Waals surface area contributed by atoms with E-state index in [2.05, 4.69) is 37.4 Å². The number of ether oxygens (including phenoxy) is 3. The summed E-state index contributed by atoms with van der Waals surface area (Å²) in [5, 5.41) is 5.14. The van der Waals surface area contributed by atoms with Crippen LogP contribution in [-0.2, 0) is 32.1 Å². The van der Waals surface area contributed by atoms with E-state index in [4.69, 9.17) is 14.2 Å². The number of methoxy groups -OCH3 is 1. The standard InChI is InChI=1S/C31H39NO5/c1-21(2)19-36-26-15-12-22(13-16-26)18-27(30(34)35-6)32-29(33)28(31(3,4)5)37-20-23-11-14-24-9-7-8-10-25(24)17-23/h7-17,21,27-28H,18-20H2,1-6H3,(H,32,33)/t27-,28+/m0/s1. The lowest BCUT2D eigenvalue weighted by atomic mass is 9.88. The summed E-state index contributed by atoms with van der Waals surface area (Å²) in [7, 11) is 1.32. The molecule has 0 fully saturated rings. The molecule has 3 aromatic carbocycles. The highest BCUT2D eigenvalue weighted by molar-refractivity contribution is 5.87. The first-order chi connectivity index (χ1) is 17.6. The molecular weight excluding hydrogens is 466 g/mol. The molecule has 0 aliphatic rings. The van der Waals surface area contributed by atoms with E-state index in [1.807, 2.05) is 69.3 Å². The Kier molecular flexibility index (Phi) is 9.70. The van der Waals surface area contributed by atoms with Crippen molar-refractivity contribution in [2.45, 2.75) is 59.8 Å². The summed E-state index contributed by atoms with van der Waals surface area (Å²) in [6.07, 6.45) is -0.470. The number of fused-ring (bicyclic) bond motifs is 1. The van der Waals surface area contributed by atoms with Crippen LogP contribution >= 0.6 is 0 Å². The van der Waals surface area contributed by atoms with Crippen LogP contribution in [0.2, 0.25) is 0 Å². The lowest BCUT2D eigenvalue weighted by molar-refractivity contribution is -0.150. The summed E-state index contributed by atoms with van der Waals surface area (Å²) >= 11 is 0. The summed E-state index contributed by atoms with van der Waals surface area (Å²) in [6, 6.07) is 20.9. The minimum Gasteiger partial charge on any atom is -0.493 e. The molecule has 2 atom stereocenters. The average molecular weight is 506 g/mol. The van der Waals surface area contributed by atoms with E-state index in [1.54, 1.807) is 0 Å². The summed E-state index contributed by atoms with van der Waals surface area (Å²) in [5.74, 6) is 0.347. The summed E-state index contributed by atoms with van der Waals surface area (Å²) in [6.45, 7) is 10.9. The largest absolute Gasteiger partial charge is 0.493 e. The number of carbonyl (C=O) groups is 2. The third-order valence-electron chi connectivity index (χ3n) is 6.00. The van der Waals surface area contributed by atoms with Crippen LogP contribution in [0.4, 0.5) is 0 Å². The second-order valence-corrected chi connectivity index (χ2v) is 10.9. The van der Waals surface area contributed by atoms with E-state index in [9.17, 15) is 9.59 Å². The maximum absolute atomic E-state index is 13.4. The molecule has 0 aliphatic carbocycles. The molecule has 0 saturated carbocycles. The van der Waals surface area contributed by atoms with E-state index in [1.165, 1.54) is 7.11 Å². The molecule has 6 heteroatoms. The van der Waals surface area contributed by atoms with Crippen LogP contribution in [0.25, 0.3) is 10.8 Å². The van der Waals surface area contributed by atoms with Gasteiger partial charge in [-0.15, -0.1) is 0 Å². The van der Waals surface area contributed by atoms with Crippen LogP contribution < -0.4 is 10.1 Å². The molecule has 0 radical (unpaired) electrons. The molecule has 3 rings (SSSR count). The molecule has 1 N–H and O–H groups in total. The van der Waals surface area contributed by atoms with Crippen molar-refractivity contribution >= 4 is 22.6 Å². The quantitative estimate of drug-likeness (QED) is 0.338. The maximum Gasteiger partial charge on any atom is 0.328 e. The molecule has 1 amide bonds. The lowest BCUT2D eigenvalue weighted by Gasteiger charge is -2.31. The number of rotatable bonds is 11. The Balaban J connectivity index is 1.69. The molecule has 0 unspecified atom stereocenters. The fourth-order valence-corrected chi connectivity index (χ4v) is 4.03. The SMILES string of the molecule is COC(=O)[C@H](Cc1ccc(OCC(C)C)cc1)NC(=O)[C@@H](OCc1ccc2ccccc2c1)C(C)(C)C. The molecule has 37 heavy (non-hydrogen) atoms. The third kappa shape index (κ3) is 8.32.